The smallest absolute Gasteiger partial charge is 0.317 e. The molecule has 0 aromatic rings. The molecule has 2 rings (SSSR count). The van der Waals surface area contributed by atoms with Crippen molar-refractivity contribution in [3.63, 3.8) is 0 Å². The number of nitrogens with one attached hydrogen (secondary N) is 2. The Morgan fingerprint density at radius 2 is 1.85 bits per heavy atom. The Kier molecular flexibility index (Phi) is 7.73. The highest BCUT2D eigenvalue weighted by Crippen LogP contribution is 2.31. The number of likely N-dealkylation sites (tertiary alicyclic amines) is 1. The van der Waals surface area contributed by atoms with Crippen LogP contribution in [0, 0.1) is 11.8 Å². The lowest BCUT2D eigenvalue weighted by atomic mass is 9.80. The van der Waals surface area contributed by atoms with Gasteiger partial charge < -0.3 is 15.0 Å². The van der Waals surface area contributed by atoms with Crippen molar-refractivity contribution in [2.24, 2.45) is 11.8 Å². The maximum atomic E-state index is 12.2. The lowest BCUT2D eigenvalue weighted by molar-refractivity contribution is -0.0239. The molecule has 1 saturated heterocycles. The van der Waals surface area contributed by atoms with Crippen LogP contribution < -0.4 is 10.0 Å². The number of ether oxygens (including phenoxy) is 1. The summed E-state index contributed by atoms with van der Waals surface area (Å²) in [6, 6.07) is -0.758. The fourth-order valence-corrected chi connectivity index (χ4v) is 5.05. The Morgan fingerprint density at radius 1 is 1.19 bits per heavy atom. The standard InChI is InChI=1S/C18H35N3O4S/c1-13(2)14-7-9-15(10-8-14)25-12-17-16(20-26(4,23)24)6-5-11-21(17)18(22)19-3/h13-17,20H,5-12H2,1-4H3,(H,19,22). The first-order chi connectivity index (χ1) is 12.2. The van der Waals surface area contributed by atoms with Gasteiger partial charge in [0.25, 0.3) is 0 Å². The predicted octanol–water partition coefficient (Wildman–Crippen LogP) is 1.94. The van der Waals surface area contributed by atoms with Gasteiger partial charge in [0, 0.05) is 19.6 Å². The highest BCUT2D eigenvalue weighted by Gasteiger charge is 2.36. The van der Waals surface area contributed by atoms with Crippen LogP contribution in [0.5, 0.6) is 0 Å². The maximum Gasteiger partial charge on any atom is 0.317 e. The summed E-state index contributed by atoms with van der Waals surface area (Å²) >= 11 is 0. The Labute approximate surface area is 158 Å². The van der Waals surface area contributed by atoms with Crippen LogP contribution in [0.15, 0.2) is 0 Å². The largest absolute Gasteiger partial charge is 0.376 e. The van der Waals surface area contributed by atoms with Gasteiger partial charge in [-0.2, -0.15) is 0 Å². The van der Waals surface area contributed by atoms with Crippen molar-refractivity contribution in [3.8, 4) is 0 Å². The number of carbonyl (C=O) groups excluding carboxylic acids is 1. The molecule has 0 radical (unpaired) electrons. The number of amides is 2. The highest BCUT2D eigenvalue weighted by molar-refractivity contribution is 7.88. The Hall–Kier alpha value is -0.860. The molecule has 1 aliphatic carbocycles. The minimum atomic E-state index is -3.34. The van der Waals surface area contributed by atoms with E-state index in [1.54, 1.807) is 11.9 Å². The molecular weight excluding hydrogens is 354 g/mol. The number of hydrogen-bond acceptors (Lipinski definition) is 4. The second kappa shape index (κ2) is 9.37. The van der Waals surface area contributed by atoms with E-state index in [9.17, 15) is 13.2 Å². The van der Waals surface area contributed by atoms with Gasteiger partial charge in [-0.15, -0.1) is 0 Å². The van der Waals surface area contributed by atoms with Gasteiger partial charge in [-0.3, -0.25) is 0 Å². The van der Waals surface area contributed by atoms with Gasteiger partial charge in [0.05, 0.1) is 25.0 Å². The van der Waals surface area contributed by atoms with Crippen molar-refractivity contribution in [2.75, 3.05) is 26.5 Å². The third kappa shape index (κ3) is 6.09. The molecular formula is C18H35N3O4S. The van der Waals surface area contributed by atoms with Gasteiger partial charge in [-0.1, -0.05) is 13.8 Å². The lowest BCUT2D eigenvalue weighted by Gasteiger charge is -2.41. The molecule has 2 amide bonds. The fourth-order valence-electron chi connectivity index (χ4n) is 4.23. The third-order valence-electron chi connectivity index (χ3n) is 5.78. The van der Waals surface area contributed by atoms with Gasteiger partial charge in [-0.05, 0) is 50.4 Å². The van der Waals surface area contributed by atoms with E-state index in [4.69, 9.17) is 4.74 Å². The Balaban J connectivity index is 1.98. The molecule has 2 fully saturated rings. The molecule has 2 unspecified atom stereocenters. The summed E-state index contributed by atoms with van der Waals surface area (Å²) in [7, 11) is -1.74. The van der Waals surface area contributed by atoms with E-state index in [1.165, 1.54) is 12.8 Å². The van der Waals surface area contributed by atoms with Crippen LogP contribution in [0.25, 0.3) is 0 Å². The van der Waals surface area contributed by atoms with E-state index < -0.39 is 10.0 Å². The first kappa shape index (κ1) is 21.4. The van der Waals surface area contributed by atoms with E-state index in [0.29, 0.717) is 25.5 Å². The molecule has 0 aromatic heterocycles. The first-order valence-corrected chi connectivity index (χ1v) is 11.7. The van der Waals surface area contributed by atoms with Crippen LogP contribution in [-0.2, 0) is 14.8 Å². The van der Waals surface area contributed by atoms with Crippen LogP contribution in [0.1, 0.15) is 52.4 Å². The van der Waals surface area contributed by atoms with Crippen LogP contribution in [-0.4, -0.2) is 64.0 Å². The summed E-state index contributed by atoms with van der Waals surface area (Å²) in [6.07, 6.45) is 7.30. The van der Waals surface area contributed by atoms with Crippen LogP contribution in [0.3, 0.4) is 0 Å². The number of hydrogen-bond donors (Lipinski definition) is 2. The summed E-state index contributed by atoms with van der Waals surface area (Å²) in [5, 5.41) is 2.66. The summed E-state index contributed by atoms with van der Waals surface area (Å²) in [6.45, 7) is 5.54. The molecule has 2 N–H and O–H groups in total. The molecule has 2 atom stereocenters. The molecule has 26 heavy (non-hydrogen) atoms. The second-order valence-electron chi connectivity index (χ2n) is 8.07. The van der Waals surface area contributed by atoms with Crippen molar-refractivity contribution in [2.45, 2.75) is 70.6 Å². The van der Waals surface area contributed by atoms with E-state index in [0.717, 1.165) is 31.4 Å². The molecule has 1 saturated carbocycles. The first-order valence-electron chi connectivity index (χ1n) is 9.78. The van der Waals surface area contributed by atoms with E-state index in [2.05, 4.69) is 23.9 Å². The summed E-state index contributed by atoms with van der Waals surface area (Å²) in [5.74, 6) is 1.48. The SMILES string of the molecule is CNC(=O)N1CCCC(NS(C)(=O)=O)C1COC1CCC(C(C)C)CC1. The zero-order valence-corrected chi connectivity index (χ0v) is 17.3. The summed E-state index contributed by atoms with van der Waals surface area (Å²) in [5.41, 5.74) is 0. The third-order valence-corrected chi connectivity index (χ3v) is 6.51. The Bertz CT molecular complexity index is 559. The van der Waals surface area contributed by atoms with Gasteiger partial charge >= 0.3 is 6.03 Å². The molecule has 1 aliphatic heterocycles. The zero-order chi connectivity index (χ0) is 19.3. The van der Waals surface area contributed by atoms with Crippen molar-refractivity contribution in [1.29, 1.82) is 0 Å². The number of carbonyl (C=O) groups is 1. The van der Waals surface area contributed by atoms with E-state index >= 15 is 0 Å². The predicted molar refractivity (Wildman–Crippen MR) is 102 cm³/mol. The molecule has 7 nitrogen and oxygen atoms in total. The zero-order valence-electron chi connectivity index (χ0n) is 16.5. The lowest BCUT2D eigenvalue weighted by Crippen LogP contribution is -2.60. The highest BCUT2D eigenvalue weighted by atomic mass is 32.2. The summed E-state index contributed by atoms with van der Waals surface area (Å²) in [4.78, 5) is 14.0. The van der Waals surface area contributed by atoms with Gasteiger partial charge in [-0.25, -0.2) is 17.9 Å². The van der Waals surface area contributed by atoms with Gasteiger partial charge in [0.2, 0.25) is 10.0 Å². The van der Waals surface area contributed by atoms with Crippen LogP contribution in [0.2, 0.25) is 0 Å². The van der Waals surface area contributed by atoms with E-state index in [1.807, 2.05) is 0 Å². The van der Waals surface area contributed by atoms with Gasteiger partial charge in [0.15, 0.2) is 0 Å². The molecule has 0 spiro atoms. The molecule has 1 heterocycles. The van der Waals surface area contributed by atoms with Crippen molar-refractivity contribution < 1.29 is 17.9 Å². The second-order valence-corrected chi connectivity index (χ2v) is 9.85. The average molecular weight is 390 g/mol. The monoisotopic (exact) mass is 389 g/mol. The molecule has 0 bridgehead atoms. The number of sulfonamides is 1. The quantitative estimate of drug-likeness (QED) is 0.727. The maximum absolute atomic E-state index is 12.2. The average Bonchev–Trinajstić information content (AvgIpc) is 2.58. The van der Waals surface area contributed by atoms with Crippen molar-refractivity contribution in [3.05, 3.63) is 0 Å². The molecule has 2 aliphatic rings. The van der Waals surface area contributed by atoms with Gasteiger partial charge in [0.1, 0.15) is 0 Å². The topological polar surface area (TPSA) is 87.7 Å². The van der Waals surface area contributed by atoms with E-state index in [-0.39, 0.29) is 24.2 Å². The number of piperidine rings is 1. The Morgan fingerprint density at radius 3 is 2.38 bits per heavy atom. The van der Waals surface area contributed by atoms with Crippen molar-refractivity contribution >= 4 is 16.1 Å². The minimum absolute atomic E-state index is 0.179. The number of rotatable bonds is 6. The minimum Gasteiger partial charge on any atom is -0.376 e. The van der Waals surface area contributed by atoms with Crippen LogP contribution in [0.4, 0.5) is 4.79 Å². The molecule has 152 valence electrons. The summed E-state index contributed by atoms with van der Waals surface area (Å²) < 4.78 is 32.3. The number of urea groups is 1. The molecule has 8 heteroatoms. The number of nitrogens with zero attached hydrogens (tertiary/aromatic N) is 1. The van der Waals surface area contributed by atoms with Crippen LogP contribution >= 0.6 is 0 Å². The fraction of sp³-hybridized carbons (Fsp3) is 0.944. The normalized spacial score (nSPS) is 30.4. The molecule has 0 aromatic carbocycles. The van der Waals surface area contributed by atoms with Crippen molar-refractivity contribution in [1.82, 2.24) is 14.9 Å².